The molecule has 0 aliphatic rings. The van der Waals surface area contributed by atoms with E-state index in [9.17, 15) is 10.5 Å². The fourth-order valence-corrected chi connectivity index (χ4v) is 10.6. The van der Waals surface area contributed by atoms with Crippen molar-refractivity contribution in [3.8, 4) is 91.1 Å². The molecule has 13 rings (SSSR count). The normalized spacial score (nSPS) is 11.6. The molecule has 7 nitrogen and oxygen atoms in total. The zero-order chi connectivity index (χ0) is 51.5. The van der Waals surface area contributed by atoms with E-state index in [0.717, 1.165) is 77.0 Å². The first kappa shape index (κ1) is 45.4. The monoisotopic (exact) mass is 985 g/mol. The Morgan fingerprint density at radius 2 is 0.789 bits per heavy atom. The highest BCUT2D eigenvalue weighted by molar-refractivity contribution is 6.12. The zero-order valence-electron chi connectivity index (χ0n) is 40.2. The molecular weight excluding hydrogens is 948 g/mol. The number of hydrogen-bond donors (Lipinski definition) is 0. The first-order valence-corrected chi connectivity index (χ1v) is 24.5. The minimum absolute atomic E-state index is 0.0570. The van der Waals surface area contributed by atoms with Crippen molar-refractivity contribution in [2.24, 2.45) is 0 Å². The van der Waals surface area contributed by atoms with Gasteiger partial charge in [0.25, 0.3) is 0 Å². The predicted molar refractivity (Wildman–Crippen MR) is 296 cm³/mol. The quantitative estimate of drug-likeness (QED) is 0.151. The van der Waals surface area contributed by atoms with Crippen LogP contribution in [0, 0.1) is 22.7 Å². The van der Waals surface area contributed by atoms with Crippen LogP contribution >= 0.6 is 0 Å². The summed E-state index contributed by atoms with van der Waals surface area (Å²) >= 11 is 0. The van der Waals surface area contributed by atoms with Gasteiger partial charge in [0, 0.05) is 49.5 Å². The van der Waals surface area contributed by atoms with Gasteiger partial charge in [0.15, 0.2) is 17.5 Å². The van der Waals surface area contributed by atoms with Gasteiger partial charge in [0.1, 0.15) is 0 Å². The molecule has 0 aliphatic carbocycles. The number of halogens is 3. The van der Waals surface area contributed by atoms with Crippen LogP contribution in [0.15, 0.2) is 231 Å². The Bertz CT molecular complexity index is 4480. The molecule has 13 aromatic rings. The third-order valence-corrected chi connectivity index (χ3v) is 14.1. The van der Waals surface area contributed by atoms with Crippen LogP contribution in [0.3, 0.4) is 0 Å². The largest absolute Gasteiger partial charge is 0.417 e. The number of benzene rings is 10. The molecule has 0 N–H and O–H groups in total. The van der Waals surface area contributed by atoms with Crippen LogP contribution in [0.2, 0.25) is 0 Å². The van der Waals surface area contributed by atoms with Crippen molar-refractivity contribution in [2.45, 2.75) is 6.18 Å². The number of fused-ring (bicyclic) bond motifs is 6. The van der Waals surface area contributed by atoms with Gasteiger partial charge in [-0.3, -0.25) is 0 Å². The maximum Gasteiger partial charge on any atom is 0.417 e. The molecule has 0 spiro atoms. The molecule has 0 bridgehead atoms. The second-order valence-electron chi connectivity index (χ2n) is 18.5. The average Bonchev–Trinajstić information content (AvgIpc) is 4.09. The summed E-state index contributed by atoms with van der Waals surface area (Å²) in [6.07, 6.45) is -4.79. The van der Waals surface area contributed by atoms with Crippen molar-refractivity contribution in [1.82, 2.24) is 24.1 Å². The summed E-state index contributed by atoms with van der Waals surface area (Å²) in [6, 6.07) is 76.1. The van der Waals surface area contributed by atoms with Gasteiger partial charge in [0.2, 0.25) is 0 Å². The SMILES string of the molecule is N#Cc1ccccc1-c1ccc2c(c1)c1ccccc1n2-c1ccc(C(F)(F)F)c(-c2cc(-c3nc(-c4ccccc4)nc(-c4ccccc4)n3)ccc2-n2c3ccccc3c3cc(-c4ccccc4C#N)ccc32)c1. The minimum Gasteiger partial charge on any atom is -0.309 e. The number of nitriles is 2. The molecule has 0 saturated carbocycles. The second kappa shape index (κ2) is 18.3. The summed E-state index contributed by atoms with van der Waals surface area (Å²) in [7, 11) is 0. The molecule has 0 radical (unpaired) electrons. The third-order valence-electron chi connectivity index (χ3n) is 14.1. The molecule has 76 heavy (non-hydrogen) atoms. The lowest BCUT2D eigenvalue weighted by Gasteiger charge is -2.21. The topological polar surface area (TPSA) is 96.1 Å². The van der Waals surface area contributed by atoms with E-state index in [1.165, 1.54) is 12.1 Å². The molecule has 0 atom stereocenters. The van der Waals surface area contributed by atoms with E-state index in [0.29, 0.717) is 39.7 Å². The van der Waals surface area contributed by atoms with Crippen molar-refractivity contribution < 1.29 is 13.2 Å². The van der Waals surface area contributed by atoms with Gasteiger partial charge in [-0.1, -0.05) is 146 Å². The number of nitrogens with zero attached hydrogens (tertiary/aromatic N) is 7. The molecule has 0 amide bonds. The Morgan fingerprint density at radius 3 is 1.33 bits per heavy atom. The van der Waals surface area contributed by atoms with Crippen LogP contribution in [0.1, 0.15) is 16.7 Å². The summed E-state index contributed by atoms with van der Waals surface area (Å²) in [5, 5.41) is 23.6. The molecular formula is C66H38F3N7. The molecule has 0 unspecified atom stereocenters. The van der Waals surface area contributed by atoms with Gasteiger partial charge < -0.3 is 9.13 Å². The lowest BCUT2D eigenvalue weighted by atomic mass is 9.94. The minimum atomic E-state index is -4.79. The second-order valence-corrected chi connectivity index (χ2v) is 18.5. The van der Waals surface area contributed by atoms with Crippen molar-refractivity contribution in [1.29, 1.82) is 10.5 Å². The van der Waals surface area contributed by atoms with E-state index in [1.54, 1.807) is 24.3 Å². The third kappa shape index (κ3) is 7.72. The van der Waals surface area contributed by atoms with Crippen molar-refractivity contribution in [2.75, 3.05) is 0 Å². The molecule has 3 aromatic heterocycles. The van der Waals surface area contributed by atoms with Crippen LogP contribution in [-0.2, 0) is 6.18 Å². The fourth-order valence-electron chi connectivity index (χ4n) is 10.6. The van der Waals surface area contributed by atoms with E-state index in [1.807, 2.05) is 203 Å². The Labute approximate surface area is 433 Å². The standard InChI is InChI=1S/C66H38F3N7/c67-66(68,69)57-31-30-48(75-58-25-13-11-23-51(58)54-35-43(27-32-60(54)75)49-21-9-7-19-46(49)39-70)38-53(57)56-37-45(65-73-63(41-15-3-1-4-16-41)72-64(74-65)42-17-5-2-6-18-42)29-34-62(56)76-59-26-14-12-24-52(59)55-36-44(28-33-61(55)76)50-22-10-8-20-47(50)40-71/h1-38H. The van der Waals surface area contributed by atoms with Gasteiger partial charge in [-0.15, -0.1) is 0 Å². The molecule has 3 heterocycles. The van der Waals surface area contributed by atoms with E-state index in [4.69, 9.17) is 15.0 Å². The van der Waals surface area contributed by atoms with Crippen molar-refractivity contribution in [3.05, 3.63) is 247 Å². The lowest BCUT2D eigenvalue weighted by Crippen LogP contribution is -2.10. The van der Waals surface area contributed by atoms with E-state index >= 15 is 13.2 Å². The Hall–Kier alpha value is -10.4. The number of hydrogen-bond acceptors (Lipinski definition) is 5. The Balaban J connectivity index is 1.10. The molecule has 0 aliphatic heterocycles. The predicted octanol–water partition coefficient (Wildman–Crippen LogP) is 16.8. The van der Waals surface area contributed by atoms with E-state index < -0.39 is 11.7 Å². The smallest absolute Gasteiger partial charge is 0.309 e. The van der Waals surface area contributed by atoms with Crippen LogP contribution < -0.4 is 0 Å². The van der Waals surface area contributed by atoms with E-state index in [2.05, 4.69) is 12.1 Å². The lowest BCUT2D eigenvalue weighted by molar-refractivity contribution is -0.137. The van der Waals surface area contributed by atoms with Crippen molar-refractivity contribution >= 4 is 43.6 Å². The fraction of sp³-hybridized carbons (Fsp3) is 0.0152. The molecule has 358 valence electrons. The highest BCUT2D eigenvalue weighted by atomic mass is 19.4. The summed E-state index contributed by atoms with van der Waals surface area (Å²) < 4.78 is 52.2. The number of aromatic nitrogens is 5. The van der Waals surface area contributed by atoms with Gasteiger partial charge >= 0.3 is 6.18 Å². The van der Waals surface area contributed by atoms with Crippen LogP contribution in [0.4, 0.5) is 13.2 Å². The van der Waals surface area contributed by atoms with Crippen molar-refractivity contribution in [3.63, 3.8) is 0 Å². The highest BCUT2D eigenvalue weighted by Crippen LogP contribution is 2.46. The average molecular weight is 986 g/mol. The summed E-state index contributed by atoms with van der Waals surface area (Å²) in [4.78, 5) is 14.9. The Kier molecular flexibility index (Phi) is 10.9. The summed E-state index contributed by atoms with van der Waals surface area (Å²) in [6.45, 7) is 0. The van der Waals surface area contributed by atoms with Gasteiger partial charge in [-0.2, -0.15) is 23.7 Å². The van der Waals surface area contributed by atoms with Crippen LogP contribution in [-0.4, -0.2) is 24.1 Å². The Morgan fingerprint density at radius 1 is 0.342 bits per heavy atom. The molecule has 0 saturated heterocycles. The summed E-state index contributed by atoms with van der Waals surface area (Å²) in [5.74, 6) is 1.11. The zero-order valence-corrected chi connectivity index (χ0v) is 40.2. The van der Waals surface area contributed by atoms with Crippen LogP contribution in [0.5, 0.6) is 0 Å². The number of para-hydroxylation sites is 2. The molecule has 10 aromatic carbocycles. The van der Waals surface area contributed by atoms with Gasteiger partial charge in [-0.05, 0) is 113 Å². The van der Waals surface area contributed by atoms with Gasteiger partial charge in [0.05, 0.1) is 56.6 Å². The van der Waals surface area contributed by atoms with Crippen LogP contribution in [0.25, 0.3) is 123 Å². The number of alkyl halides is 3. The maximum absolute atomic E-state index is 16.0. The first-order valence-electron chi connectivity index (χ1n) is 24.5. The summed E-state index contributed by atoms with van der Waals surface area (Å²) in [5.41, 5.74) is 9.80. The first-order chi connectivity index (χ1) is 37.2. The molecule has 0 fully saturated rings. The number of rotatable bonds is 8. The maximum atomic E-state index is 16.0. The highest BCUT2D eigenvalue weighted by Gasteiger charge is 2.35. The van der Waals surface area contributed by atoms with Gasteiger partial charge in [-0.25, -0.2) is 15.0 Å². The van der Waals surface area contributed by atoms with E-state index in [-0.39, 0.29) is 17.0 Å². The molecule has 10 heteroatoms.